The summed E-state index contributed by atoms with van der Waals surface area (Å²) in [5.41, 5.74) is 3.49. The van der Waals surface area contributed by atoms with Crippen LogP contribution in [-0.4, -0.2) is 28.0 Å². The summed E-state index contributed by atoms with van der Waals surface area (Å²) in [6.45, 7) is 5.97. The summed E-state index contributed by atoms with van der Waals surface area (Å²) < 4.78 is 16.4. The minimum Gasteiger partial charge on any atom is -0.454 e. The molecule has 0 bridgehead atoms. The second kappa shape index (κ2) is 7.08. The Labute approximate surface area is 160 Å². The van der Waals surface area contributed by atoms with Crippen LogP contribution in [0.25, 0.3) is 11.5 Å². The molecule has 0 amide bonds. The van der Waals surface area contributed by atoms with E-state index in [0.29, 0.717) is 22.6 Å². The lowest BCUT2D eigenvalue weighted by Crippen LogP contribution is -2.15. The van der Waals surface area contributed by atoms with Crippen LogP contribution in [0.4, 0.5) is 0 Å². The number of benzene rings is 2. The van der Waals surface area contributed by atoms with E-state index in [0.717, 1.165) is 22.3 Å². The van der Waals surface area contributed by atoms with Gasteiger partial charge in [0.2, 0.25) is 12.7 Å². The lowest BCUT2D eigenvalue weighted by atomic mass is 10.0. The fourth-order valence-corrected chi connectivity index (χ4v) is 3.58. The monoisotopic (exact) mass is 382 g/mol. The maximum atomic E-state index is 12.8. The number of aryl methyl sites for hydroxylation is 2. The molecule has 1 aromatic heterocycles. The Morgan fingerprint density at radius 1 is 1.07 bits per heavy atom. The van der Waals surface area contributed by atoms with E-state index in [4.69, 9.17) is 13.9 Å². The SMILES string of the molecule is Cc1ccc(C)c(C(=O)[C@H](C)Sc2nnc(-c3ccc4c(c3)OCO4)o2)c1. The van der Waals surface area contributed by atoms with Gasteiger partial charge in [0.05, 0.1) is 5.25 Å². The van der Waals surface area contributed by atoms with E-state index in [2.05, 4.69) is 10.2 Å². The zero-order valence-electron chi connectivity index (χ0n) is 15.2. The number of aromatic nitrogens is 2. The molecular formula is C20H18N2O4S. The summed E-state index contributed by atoms with van der Waals surface area (Å²) >= 11 is 1.26. The third kappa shape index (κ3) is 3.55. The lowest BCUT2D eigenvalue weighted by Gasteiger charge is -2.10. The standard InChI is InChI=1S/C20H18N2O4S/c1-11-4-5-12(2)15(8-11)18(23)13(3)27-20-22-21-19(26-20)14-6-7-16-17(9-14)25-10-24-16/h4-9,13H,10H2,1-3H3/t13-/m0/s1. The van der Waals surface area contributed by atoms with Crippen LogP contribution >= 0.6 is 11.8 Å². The van der Waals surface area contributed by atoms with Crippen LogP contribution in [0, 0.1) is 13.8 Å². The molecule has 2 aromatic carbocycles. The van der Waals surface area contributed by atoms with E-state index in [1.807, 2.05) is 45.0 Å². The molecule has 27 heavy (non-hydrogen) atoms. The molecule has 4 rings (SSSR count). The van der Waals surface area contributed by atoms with Crippen molar-refractivity contribution in [3.63, 3.8) is 0 Å². The molecule has 0 unspecified atom stereocenters. The first-order valence-electron chi connectivity index (χ1n) is 8.53. The zero-order valence-corrected chi connectivity index (χ0v) is 16.0. The number of rotatable bonds is 5. The van der Waals surface area contributed by atoms with Gasteiger partial charge >= 0.3 is 0 Å². The fraction of sp³-hybridized carbons (Fsp3) is 0.250. The number of nitrogens with zero attached hydrogens (tertiary/aromatic N) is 2. The number of thioether (sulfide) groups is 1. The number of hydrogen-bond acceptors (Lipinski definition) is 7. The van der Waals surface area contributed by atoms with E-state index in [9.17, 15) is 4.79 Å². The highest BCUT2D eigenvalue weighted by Crippen LogP contribution is 2.36. The van der Waals surface area contributed by atoms with Crippen LogP contribution in [0.3, 0.4) is 0 Å². The number of ketones is 1. The van der Waals surface area contributed by atoms with E-state index in [-0.39, 0.29) is 17.8 Å². The maximum absolute atomic E-state index is 12.8. The third-order valence-electron chi connectivity index (χ3n) is 4.33. The van der Waals surface area contributed by atoms with Gasteiger partial charge in [0.25, 0.3) is 5.22 Å². The van der Waals surface area contributed by atoms with E-state index < -0.39 is 0 Å². The second-order valence-corrected chi connectivity index (χ2v) is 7.68. The molecule has 6 nitrogen and oxygen atoms in total. The molecule has 1 aliphatic rings. The van der Waals surface area contributed by atoms with Crippen molar-refractivity contribution in [2.24, 2.45) is 0 Å². The molecule has 1 atom stereocenters. The fourth-order valence-electron chi connectivity index (χ4n) is 2.83. The summed E-state index contributed by atoms with van der Waals surface area (Å²) in [6.07, 6.45) is 0. The number of hydrogen-bond donors (Lipinski definition) is 0. The molecule has 0 N–H and O–H groups in total. The molecule has 1 aliphatic heterocycles. The van der Waals surface area contributed by atoms with Crippen molar-refractivity contribution in [3.05, 3.63) is 53.1 Å². The average Bonchev–Trinajstić information content (AvgIpc) is 3.31. The van der Waals surface area contributed by atoms with Gasteiger partial charge < -0.3 is 13.9 Å². The Bertz CT molecular complexity index is 1010. The summed E-state index contributed by atoms with van der Waals surface area (Å²) in [4.78, 5) is 12.8. The Kier molecular flexibility index (Phi) is 4.61. The van der Waals surface area contributed by atoms with Crippen LogP contribution in [-0.2, 0) is 0 Å². The largest absolute Gasteiger partial charge is 0.454 e. The predicted molar refractivity (Wildman–Crippen MR) is 101 cm³/mol. The van der Waals surface area contributed by atoms with Crippen molar-refractivity contribution in [2.45, 2.75) is 31.2 Å². The predicted octanol–water partition coefficient (Wildman–Crippen LogP) is 4.45. The second-order valence-electron chi connectivity index (χ2n) is 6.38. The Hall–Kier alpha value is -2.80. The molecule has 3 aromatic rings. The van der Waals surface area contributed by atoms with Gasteiger partial charge in [0, 0.05) is 11.1 Å². The van der Waals surface area contributed by atoms with Crippen LogP contribution in [0.1, 0.15) is 28.4 Å². The Balaban J connectivity index is 1.50. The van der Waals surface area contributed by atoms with Gasteiger partial charge in [0.1, 0.15) is 0 Å². The van der Waals surface area contributed by atoms with Crippen molar-refractivity contribution in [1.29, 1.82) is 0 Å². The molecular weight excluding hydrogens is 364 g/mol. The molecule has 0 radical (unpaired) electrons. The summed E-state index contributed by atoms with van der Waals surface area (Å²) in [6, 6.07) is 11.3. The number of ether oxygens (including phenoxy) is 2. The van der Waals surface area contributed by atoms with Crippen LogP contribution in [0.2, 0.25) is 0 Å². The number of fused-ring (bicyclic) bond motifs is 1. The van der Waals surface area contributed by atoms with E-state index >= 15 is 0 Å². The van der Waals surface area contributed by atoms with Gasteiger partial charge in [-0.2, -0.15) is 0 Å². The van der Waals surface area contributed by atoms with Gasteiger partial charge in [-0.05, 0) is 50.6 Å². The highest BCUT2D eigenvalue weighted by atomic mass is 32.2. The number of carbonyl (C=O) groups excluding carboxylic acids is 1. The highest BCUT2D eigenvalue weighted by molar-refractivity contribution is 8.00. The van der Waals surface area contributed by atoms with Gasteiger partial charge in [-0.15, -0.1) is 10.2 Å². The van der Waals surface area contributed by atoms with Crippen LogP contribution < -0.4 is 9.47 Å². The lowest BCUT2D eigenvalue weighted by molar-refractivity contribution is 0.0993. The van der Waals surface area contributed by atoms with Crippen molar-refractivity contribution in [3.8, 4) is 23.0 Å². The molecule has 0 saturated carbocycles. The maximum Gasteiger partial charge on any atom is 0.277 e. The van der Waals surface area contributed by atoms with E-state index in [1.54, 1.807) is 12.1 Å². The summed E-state index contributed by atoms with van der Waals surface area (Å²) in [5, 5.41) is 8.17. The normalized spacial score (nSPS) is 13.6. The smallest absolute Gasteiger partial charge is 0.277 e. The van der Waals surface area contributed by atoms with E-state index in [1.165, 1.54) is 11.8 Å². The molecule has 0 saturated heterocycles. The number of Topliss-reactive ketones (excluding diaryl/α,β-unsaturated/α-hetero) is 1. The van der Waals surface area contributed by atoms with Gasteiger partial charge in [0.15, 0.2) is 17.3 Å². The molecule has 2 heterocycles. The average molecular weight is 382 g/mol. The first-order valence-corrected chi connectivity index (χ1v) is 9.41. The summed E-state index contributed by atoms with van der Waals surface area (Å²) in [5.74, 6) is 1.77. The van der Waals surface area contributed by atoms with Crippen LogP contribution in [0.15, 0.2) is 46.0 Å². The molecule has 7 heteroatoms. The Morgan fingerprint density at radius 3 is 2.74 bits per heavy atom. The molecule has 0 fully saturated rings. The van der Waals surface area contributed by atoms with Crippen molar-refractivity contribution >= 4 is 17.5 Å². The first kappa shape index (κ1) is 17.6. The van der Waals surface area contributed by atoms with Gasteiger partial charge in [-0.3, -0.25) is 4.79 Å². The van der Waals surface area contributed by atoms with Crippen molar-refractivity contribution in [1.82, 2.24) is 10.2 Å². The molecule has 0 aliphatic carbocycles. The molecule has 0 spiro atoms. The highest BCUT2D eigenvalue weighted by Gasteiger charge is 2.22. The third-order valence-corrected chi connectivity index (χ3v) is 5.27. The van der Waals surface area contributed by atoms with Crippen molar-refractivity contribution in [2.75, 3.05) is 6.79 Å². The Morgan fingerprint density at radius 2 is 1.89 bits per heavy atom. The van der Waals surface area contributed by atoms with Gasteiger partial charge in [-0.25, -0.2) is 0 Å². The molecule has 138 valence electrons. The minimum atomic E-state index is -0.337. The first-order chi connectivity index (χ1) is 13.0. The number of carbonyl (C=O) groups is 1. The van der Waals surface area contributed by atoms with Crippen molar-refractivity contribution < 1.29 is 18.7 Å². The zero-order chi connectivity index (χ0) is 19.0. The summed E-state index contributed by atoms with van der Waals surface area (Å²) in [7, 11) is 0. The van der Waals surface area contributed by atoms with Gasteiger partial charge in [-0.1, -0.05) is 29.5 Å². The topological polar surface area (TPSA) is 74.5 Å². The quantitative estimate of drug-likeness (QED) is 0.477. The van der Waals surface area contributed by atoms with Crippen LogP contribution in [0.5, 0.6) is 11.5 Å². The minimum absolute atomic E-state index is 0.0454.